The molecule has 10 nitrogen and oxygen atoms in total. The van der Waals surface area contributed by atoms with Gasteiger partial charge in [-0.15, -0.1) is 5.10 Å². The number of amides is 1. The van der Waals surface area contributed by atoms with E-state index in [0.29, 0.717) is 76.3 Å². The van der Waals surface area contributed by atoms with Crippen LogP contribution in [0.1, 0.15) is 51.3 Å². The van der Waals surface area contributed by atoms with Crippen LogP contribution in [0.15, 0.2) is 58.9 Å². The minimum atomic E-state index is -0.645. The van der Waals surface area contributed by atoms with Gasteiger partial charge in [0.15, 0.2) is 18.1 Å². The van der Waals surface area contributed by atoms with Gasteiger partial charge in [-0.2, -0.15) is 4.98 Å². The van der Waals surface area contributed by atoms with E-state index >= 15 is 0 Å². The van der Waals surface area contributed by atoms with Crippen LogP contribution in [0.25, 0.3) is 0 Å². The molecule has 1 atom stereocenters. The van der Waals surface area contributed by atoms with Crippen molar-refractivity contribution in [1.82, 2.24) is 19.7 Å². The molecule has 1 unspecified atom stereocenters. The fraction of sp³-hybridized carbons (Fsp3) is 0.400. The van der Waals surface area contributed by atoms with Crippen LogP contribution < -0.4 is 14.8 Å². The summed E-state index contributed by atoms with van der Waals surface area (Å²) < 4.78 is 18.7. The zero-order valence-corrected chi connectivity index (χ0v) is 26.1. The number of aromatic nitrogens is 3. The number of methoxy groups -OCH3 is 1. The Morgan fingerprint density at radius 1 is 1.12 bits per heavy atom. The lowest BCUT2D eigenvalue weighted by atomic mass is 9.95. The van der Waals surface area contributed by atoms with Gasteiger partial charge < -0.3 is 24.4 Å². The van der Waals surface area contributed by atoms with Gasteiger partial charge in [0.25, 0.3) is 5.91 Å². The largest absolute Gasteiger partial charge is 0.493 e. The van der Waals surface area contributed by atoms with E-state index in [0.717, 1.165) is 5.56 Å². The summed E-state index contributed by atoms with van der Waals surface area (Å²) in [6.07, 6.45) is 0.694. The number of carbonyl (C=O) groups is 2. The molecule has 0 spiro atoms. The fourth-order valence-corrected chi connectivity index (χ4v) is 5.69. The number of hydrogen-bond acceptors (Lipinski definition) is 9. The molecule has 1 N–H and O–H groups in total. The topological polar surface area (TPSA) is 108 Å². The molecule has 0 fully saturated rings. The Kier molecular flexibility index (Phi) is 10.8. The summed E-state index contributed by atoms with van der Waals surface area (Å²) in [5.74, 6) is 1.36. The Morgan fingerprint density at radius 3 is 2.57 bits per heavy atom. The van der Waals surface area contributed by atoms with Crippen LogP contribution in [-0.4, -0.2) is 65.0 Å². The molecular weight excluding hydrogens is 578 g/mol. The summed E-state index contributed by atoms with van der Waals surface area (Å²) in [4.78, 5) is 32.2. The number of esters is 1. The van der Waals surface area contributed by atoms with Crippen molar-refractivity contribution in [2.24, 2.45) is 0 Å². The third-order valence-corrected chi connectivity index (χ3v) is 8.03. The zero-order chi connectivity index (χ0) is 30.2. The normalized spacial score (nSPS) is 14.2. The Bertz CT molecular complexity index is 1460. The van der Waals surface area contributed by atoms with Crippen molar-refractivity contribution in [3.05, 3.63) is 69.9 Å². The van der Waals surface area contributed by atoms with Crippen LogP contribution in [-0.2, 0) is 20.1 Å². The predicted molar refractivity (Wildman–Crippen MR) is 163 cm³/mol. The molecule has 1 aliphatic heterocycles. The Balaban J connectivity index is 1.67. The number of thioether (sulfide) groups is 1. The predicted octanol–water partition coefficient (Wildman–Crippen LogP) is 5.72. The average molecular weight is 614 g/mol. The van der Waals surface area contributed by atoms with Crippen LogP contribution in [0.5, 0.6) is 11.5 Å². The molecule has 2 heterocycles. The molecule has 0 aliphatic carbocycles. The highest BCUT2D eigenvalue weighted by atomic mass is 35.5. The summed E-state index contributed by atoms with van der Waals surface area (Å²) in [5.41, 5.74) is 2.72. The van der Waals surface area contributed by atoms with Crippen LogP contribution >= 0.6 is 23.4 Å². The quantitative estimate of drug-likeness (QED) is 0.191. The summed E-state index contributed by atoms with van der Waals surface area (Å²) >= 11 is 7.79. The van der Waals surface area contributed by atoms with E-state index < -0.39 is 12.0 Å². The SMILES string of the molecule is CCCOC(=O)C1=C(C)Nc2nc(SCc3ccccc3Cl)nn2C1c1ccc(OCC(=O)N(CC)CC)c(OC)c1. The number of fused-ring (bicyclic) bond motifs is 1. The van der Waals surface area contributed by atoms with Crippen LogP contribution in [0.3, 0.4) is 0 Å². The van der Waals surface area contributed by atoms with Crippen molar-refractivity contribution in [3.63, 3.8) is 0 Å². The number of benzene rings is 2. The van der Waals surface area contributed by atoms with Gasteiger partial charge >= 0.3 is 5.97 Å². The first-order chi connectivity index (χ1) is 20.3. The van der Waals surface area contributed by atoms with E-state index in [1.165, 1.54) is 18.9 Å². The Morgan fingerprint density at radius 2 is 1.88 bits per heavy atom. The monoisotopic (exact) mass is 613 g/mol. The van der Waals surface area contributed by atoms with Crippen molar-refractivity contribution in [2.75, 3.05) is 38.7 Å². The minimum Gasteiger partial charge on any atom is -0.493 e. The van der Waals surface area contributed by atoms with E-state index in [4.69, 9.17) is 35.9 Å². The molecule has 1 aliphatic rings. The van der Waals surface area contributed by atoms with Crippen molar-refractivity contribution in [2.45, 2.75) is 51.1 Å². The second-order valence-electron chi connectivity index (χ2n) is 9.51. The van der Waals surface area contributed by atoms with Gasteiger partial charge in [-0.05, 0) is 56.5 Å². The second kappa shape index (κ2) is 14.5. The molecule has 12 heteroatoms. The lowest BCUT2D eigenvalue weighted by Gasteiger charge is -2.28. The second-order valence-corrected chi connectivity index (χ2v) is 10.9. The van der Waals surface area contributed by atoms with Gasteiger partial charge in [-0.1, -0.05) is 54.6 Å². The summed E-state index contributed by atoms with van der Waals surface area (Å²) in [7, 11) is 1.53. The smallest absolute Gasteiger partial charge is 0.338 e. The summed E-state index contributed by atoms with van der Waals surface area (Å²) in [5, 5.41) is 9.20. The Labute approximate surface area is 255 Å². The molecule has 0 radical (unpaired) electrons. The maximum atomic E-state index is 13.3. The van der Waals surface area contributed by atoms with E-state index in [1.807, 2.05) is 58.0 Å². The van der Waals surface area contributed by atoms with Crippen molar-refractivity contribution < 1.29 is 23.8 Å². The minimum absolute atomic E-state index is 0.113. The number of nitrogens with zero attached hydrogens (tertiary/aromatic N) is 4. The zero-order valence-electron chi connectivity index (χ0n) is 24.5. The number of carbonyl (C=O) groups excluding carboxylic acids is 2. The number of likely N-dealkylation sites (N-methyl/N-ethyl adjacent to an activating group) is 1. The average Bonchev–Trinajstić information content (AvgIpc) is 3.40. The number of hydrogen-bond donors (Lipinski definition) is 1. The summed E-state index contributed by atoms with van der Waals surface area (Å²) in [6.45, 7) is 8.99. The molecule has 1 aromatic heterocycles. The third-order valence-electron chi connectivity index (χ3n) is 6.78. The standard InChI is InChI=1S/C30H36ClN5O5S/c1-6-15-40-28(38)26-19(4)32-29-33-30(42-18-21-11-9-10-12-22(21)31)34-36(29)27(26)20-13-14-23(24(16-20)39-5)41-17-25(37)35(7-2)8-3/h9-14,16,27H,6-8,15,17-18H2,1-5H3,(H,32,33,34). The van der Waals surface area contributed by atoms with E-state index in [1.54, 1.807) is 21.7 Å². The van der Waals surface area contributed by atoms with Crippen LogP contribution in [0, 0.1) is 0 Å². The first-order valence-electron chi connectivity index (χ1n) is 13.9. The van der Waals surface area contributed by atoms with Crippen molar-refractivity contribution in [3.8, 4) is 11.5 Å². The molecule has 0 bridgehead atoms. The molecule has 3 aromatic rings. The maximum Gasteiger partial charge on any atom is 0.338 e. The first kappa shape index (κ1) is 31.2. The fourth-order valence-electron chi connectivity index (χ4n) is 4.58. The molecule has 224 valence electrons. The van der Waals surface area contributed by atoms with Gasteiger partial charge in [0, 0.05) is 29.6 Å². The third kappa shape index (κ3) is 7.01. The highest BCUT2D eigenvalue weighted by molar-refractivity contribution is 7.98. The number of anilines is 1. The molecular formula is C30H36ClN5O5S. The van der Waals surface area contributed by atoms with Crippen LogP contribution in [0.2, 0.25) is 5.02 Å². The molecule has 0 saturated carbocycles. The van der Waals surface area contributed by atoms with E-state index in [2.05, 4.69) is 5.32 Å². The molecule has 1 amide bonds. The molecule has 4 rings (SSSR count). The number of halogens is 1. The van der Waals surface area contributed by atoms with Gasteiger partial charge in [-0.3, -0.25) is 4.79 Å². The first-order valence-corrected chi connectivity index (χ1v) is 15.2. The van der Waals surface area contributed by atoms with E-state index in [9.17, 15) is 9.59 Å². The number of ether oxygens (including phenoxy) is 3. The van der Waals surface area contributed by atoms with Crippen LogP contribution in [0.4, 0.5) is 5.95 Å². The highest BCUT2D eigenvalue weighted by Gasteiger charge is 2.36. The Hall–Kier alpha value is -3.70. The van der Waals surface area contributed by atoms with Gasteiger partial charge in [0.1, 0.15) is 6.04 Å². The maximum absolute atomic E-state index is 13.3. The molecule has 2 aromatic carbocycles. The van der Waals surface area contributed by atoms with Crippen molar-refractivity contribution >= 4 is 41.2 Å². The molecule has 0 saturated heterocycles. The summed E-state index contributed by atoms with van der Waals surface area (Å²) in [6, 6.07) is 12.3. The molecule has 42 heavy (non-hydrogen) atoms. The van der Waals surface area contributed by atoms with Gasteiger partial charge in [0.2, 0.25) is 11.1 Å². The number of allylic oxidation sites excluding steroid dienone is 1. The number of nitrogens with one attached hydrogen (secondary N) is 1. The van der Waals surface area contributed by atoms with Crippen molar-refractivity contribution in [1.29, 1.82) is 0 Å². The van der Waals surface area contributed by atoms with Gasteiger partial charge in [0.05, 0.1) is 19.3 Å². The van der Waals surface area contributed by atoms with E-state index in [-0.39, 0.29) is 12.5 Å². The lowest BCUT2D eigenvalue weighted by molar-refractivity contribution is -0.139. The number of rotatable bonds is 13. The van der Waals surface area contributed by atoms with Gasteiger partial charge in [-0.25, -0.2) is 9.48 Å². The lowest BCUT2D eigenvalue weighted by Crippen LogP contribution is -2.34. The highest BCUT2D eigenvalue weighted by Crippen LogP contribution is 2.40.